The fraction of sp³-hybridized carbons (Fsp3) is 0.231. The minimum absolute atomic E-state index is 0.185. The monoisotopic (exact) mass is 277 g/mol. The largest absolute Gasteiger partial charge is 0.308 e. The molecule has 0 spiro atoms. The van der Waals surface area contributed by atoms with E-state index in [0.29, 0.717) is 4.90 Å². The van der Waals surface area contributed by atoms with E-state index < -0.39 is 9.84 Å². The highest BCUT2D eigenvalue weighted by atomic mass is 32.2. The van der Waals surface area contributed by atoms with Gasteiger partial charge in [-0.25, -0.2) is 8.42 Å². The average Bonchev–Trinajstić information content (AvgIpc) is 2.40. The van der Waals surface area contributed by atoms with Crippen LogP contribution >= 0.6 is 0 Å². The van der Waals surface area contributed by atoms with Crippen LogP contribution in [0, 0.1) is 0 Å². The molecule has 0 aliphatic rings. The number of aromatic nitrogens is 2. The van der Waals surface area contributed by atoms with Crippen LogP contribution in [-0.4, -0.2) is 31.7 Å². The molecule has 0 aliphatic heterocycles. The van der Waals surface area contributed by atoms with Crippen LogP contribution in [0.1, 0.15) is 17.3 Å². The van der Waals surface area contributed by atoms with Gasteiger partial charge in [-0.1, -0.05) is 12.1 Å². The second kappa shape index (κ2) is 5.46. The first-order chi connectivity index (χ1) is 9.02. The zero-order valence-electron chi connectivity index (χ0n) is 10.7. The van der Waals surface area contributed by atoms with Crippen molar-refractivity contribution in [1.82, 2.24) is 15.3 Å². The molecule has 6 heteroatoms. The van der Waals surface area contributed by atoms with Gasteiger partial charge in [0.05, 0.1) is 22.8 Å². The van der Waals surface area contributed by atoms with Gasteiger partial charge in [0.15, 0.2) is 9.84 Å². The molecular formula is C13H15N3O2S. The molecule has 0 amide bonds. The van der Waals surface area contributed by atoms with Crippen molar-refractivity contribution >= 4 is 9.84 Å². The van der Waals surface area contributed by atoms with E-state index in [1.807, 2.05) is 6.07 Å². The minimum Gasteiger partial charge on any atom is -0.308 e. The minimum atomic E-state index is -3.21. The Morgan fingerprint density at radius 2 is 2.05 bits per heavy atom. The first kappa shape index (κ1) is 13.6. The van der Waals surface area contributed by atoms with Gasteiger partial charge in [-0.05, 0) is 24.7 Å². The molecule has 0 bridgehead atoms. The highest BCUT2D eigenvalue weighted by Gasteiger charge is 2.16. The highest BCUT2D eigenvalue weighted by molar-refractivity contribution is 7.90. The molecule has 5 nitrogen and oxygen atoms in total. The normalized spacial score (nSPS) is 13.2. The third-order valence-electron chi connectivity index (χ3n) is 2.79. The highest BCUT2D eigenvalue weighted by Crippen LogP contribution is 2.21. The van der Waals surface area contributed by atoms with Crippen molar-refractivity contribution in [2.24, 2.45) is 0 Å². The number of rotatable bonds is 4. The Labute approximate surface area is 112 Å². The summed E-state index contributed by atoms with van der Waals surface area (Å²) in [4.78, 5) is 8.57. The number of benzene rings is 1. The molecule has 19 heavy (non-hydrogen) atoms. The summed E-state index contributed by atoms with van der Waals surface area (Å²) < 4.78 is 23.2. The maximum Gasteiger partial charge on any atom is 0.175 e. The van der Waals surface area contributed by atoms with Crippen molar-refractivity contribution in [2.45, 2.75) is 10.9 Å². The van der Waals surface area contributed by atoms with Crippen LogP contribution in [0.15, 0.2) is 47.8 Å². The van der Waals surface area contributed by atoms with E-state index in [4.69, 9.17) is 0 Å². The second-order valence-electron chi connectivity index (χ2n) is 4.20. The van der Waals surface area contributed by atoms with Crippen LogP contribution in [-0.2, 0) is 9.84 Å². The maximum atomic E-state index is 11.6. The standard InChI is InChI=1S/C13H15N3O2S/c1-14-13(12-9-15-6-7-16-12)10-4-3-5-11(8-10)19(2,17)18/h3-9,13-14H,1-2H3. The van der Waals surface area contributed by atoms with Crippen molar-refractivity contribution in [3.05, 3.63) is 54.1 Å². The Hall–Kier alpha value is -1.79. The van der Waals surface area contributed by atoms with Crippen molar-refractivity contribution in [2.75, 3.05) is 13.3 Å². The molecule has 0 aliphatic carbocycles. The molecule has 1 N–H and O–H groups in total. The van der Waals surface area contributed by atoms with Gasteiger partial charge in [0.1, 0.15) is 0 Å². The molecule has 0 radical (unpaired) electrons. The predicted molar refractivity (Wildman–Crippen MR) is 72.5 cm³/mol. The van der Waals surface area contributed by atoms with Crippen LogP contribution in [0.2, 0.25) is 0 Å². The fourth-order valence-corrected chi connectivity index (χ4v) is 2.55. The molecule has 100 valence electrons. The van der Waals surface area contributed by atoms with E-state index in [0.717, 1.165) is 11.3 Å². The zero-order chi connectivity index (χ0) is 13.9. The summed E-state index contributed by atoms with van der Waals surface area (Å²) in [5.74, 6) is 0. The number of hydrogen-bond donors (Lipinski definition) is 1. The van der Waals surface area contributed by atoms with E-state index in [1.54, 1.807) is 43.8 Å². The van der Waals surface area contributed by atoms with Gasteiger partial charge in [-0.2, -0.15) is 0 Å². The van der Waals surface area contributed by atoms with Crippen molar-refractivity contribution in [3.8, 4) is 0 Å². The van der Waals surface area contributed by atoms with Gasteiger partial charge in [-0.3, -0.25) is 9.97 Å². The molecule has 0 fully saturated rings. The van der Waals surface area contributed by atoms with E-state index in [1.165, 1.54) is 6.26 Å². The van der Waals surface area contributed by atoms with Gasteiger partial charge < -0.3 is 5.32 Å². The molecule has 1 unspecified atom stereocenters. The van der Waals surface area contributed by atoms with E-state index in [9.17, 15) is 8.42 Å². The van der Waals surface area contributed by atoms with Crippen molar-refractivity contribution < 1.29 is 8.42 Å². The first-order valence-corrected chi connectivity index (χ1v) is 7.64. The summed E-state index contributed by atoms with van der Waals surface area (Å²) in [6.07, 6.45) is 6.07. The molecule has 2 rings (SSSR count). The van der Waals surface area contributed by atoms with E-state index in [2.05, 4.69) is 15.3 Å². The summed E-state index contributed by atoms with van der Waals surface area (Å²) in [7, 11) is -1.41. The maximum absolute atomic E-state index is 11.6. The molecule has 2 aromatic rings. The summed E-state index contributed by atoms with van der Waals surface area (Å²) in [6, 6.07) is 6.65. The third-order valence-corrected chi connectivity index (χ3v) is 3.90. The third kappa shape index (κ3) is 3.15. The van der Waals surface area contributed by atoms with Gasteiger partial charge in [-0.15, -0.1) is 0 Å². The Balaban J connectivity index is 2.45. The lowest BCUT2D eigenvalue weighted by Crippen LogP contribution is -2.19. The molecule has 1 atom stereocenters. The van der Waals surface area contributed by atoms with Gasteiger partial charge in [0, 0.05) is 18.6 Å². The summed E-state index contributed by atoms with van der Waals surface area (Å²) in [5, 5.41) is 3.12. The summed E-state index contributed by atoms with van der Waals surface area (Å²) >= 11 is 0. The van der Waals surface area contributed by atoms with Crippen LogP contribution < -0.4 is 5.32 Å². The van der Waals surface area contributed by atoms with Gasteiger partial charge >= 0.3 is 0 Å². The van der Waals surface area contributed by atoms with Crippen LogP contribution in [0.5, 0.6) is 0 Å². The first-order valence-electron chi connectivity index (χ1n) is 5.75. The molecule has 0 saturated heterocycles. The second-order valence-corrected chi connectivity index (χ2v) is 6.21. The number of nitrogens with zero attached hydrogens (tertiary/aromatic N) is 2. The Kier molecular flexibility index (Phi) is 3.92. The fourth-order valence-electron chi connectivity index (χ4n) is 1.87. The number of hydrogen-bond acceptors (Lipinski definition) is 5. The lowest BCUT2D eigenvalue weighted by molar-refractivity contribution is 0.601. The van der Waals surface area contributed by atoms with Crippen molar-refractivity contribution in [1.29, 1.82) is 0 Å². The molecule has 1 aromatic carbocycles. The lowest BCUT2D eigenvalue weighted by atomic mass is 10.0. The van der Waals surface area contributed by atoms with Crippen LogP contribution in [0.3, 0.4) is 0 Å². The molecular weight excluding hydrogens is 262 g/mol. The Morgan fingerprint density at radius 1 is 1.26 bits per heavy atom. The summed E-state index contributed by atoms with van der Waals surface area (Å²) in [6.45, 7) is 0. The van der Waals surface area contributed by atoms with Crippen LogP contribution in [0.4, 0.5) is 0 Å². The summed E-state index contributed by atoms with van der Waals surface area (Å²) in [5.41, 5.74) is 1.58. The van der Waals surface area contributed by atoms with Gasteiger partial charge in [0.2, 0.25) is 0 Å². The van der Waals surface area contributed by atoms with E-state index in [-0.39, 0.29) is 6.04 Å². The Bertz CT molecular complexity index is 657. The lowest BCUT2D eigenvalue weighted by Gasteiger charge is -2.16. The number of nitrogens with one attached hydrogen (secondary N) is 1. The van der Waals surface area contributed by atoms with E-state index >= 15 is 0 Å². The van der Waals surface area contributed by atoms with Gasteiger partial charge in [0.25, 0.3) is 0 Å². The van der Waals surface area contributed by atoms with Crippen LogP contribution in [0.25, 0.3) is 0 Å². The Morgan fingerprint density at radius 3 is 2.63 bits per heavy atom. The molecule has 1 aromatic heterocycles. The van der Waals surface area contributed by atoms with Crippen molar-refractivity contribution in [3.63, 3.8) is 0 Å². The number of sulfone groups is 1. The average molecular weight is 277 g/mol. The zero-order valence-corrected chi connectivity index (χ0v) is 11.6. The quantitative estimate of drug-likeness (QED) is 0.909. The predicted octanol–water partition coefficient (Wildman–Crippen LogP) is 1.19. The topological polar surface area (TPSA) is 72.0 Å². The molecule has 0 saturated carbocycles. The smallest absolute Gasteiger partial charge is 0.175 e. The SMILES string of the molecule is CNC(c1cccc(S(C)(=O)=O)c1)c1cnccn1. The molecule has 1 heterocycles.